The number of nitrogens with zero attached hydrogens (tertiary/aromatic N) is 3. The fourth-order valence-corrected chi connectivity index (χ4v) is 2.41. The molecule has 2 N–H and O–H groups in total. The second-order valence-corrected chi connectivity index (χ2v) is 4.78. The molecule has 0 aliphatic heterocycles. The van der Waals surface area contributed by atoms with Crippen molar-refractivity contribution < 1.29 is 0 Å². The van der Waals surface area contributed by atoms with E-state index < -0.39 is 0 Å². The number of aromatic nitrogens is 3. The number of benzene rings is 1. The summed E-state index contributed by atoms with van der Waals surface area (Å²) in [5, 5.41) is 5.27. The lowest BCUT2D eigenvalue weighted by Crippen LogP contribution is -2.23. The fraction of sp³-hybridized carbons (Fsp3) is 0.429. The van der Waals surface area contributed by atoms with Crippen LogP contribution in [0.2, 0.25) is 5.02 Å². The number of rotatable bonds is 5. The van der Waals surface area contributed by atoms with E-state index in [-0.39, 0.29) is 6.04 Å². The van der Waals surface area contributed by atoms with Gasteiger partial charge in [0, 0.05) is 24.4 Å². The first-order valence-corrected chi connectivity index (χ1v) is 6.97. The molecule has 0 bridgehead atoms. The lowest BCUT2D eigenvalue weighted by Gasteiger charge is -2.18. The molecule has 0 amide bonds. The van der Waals surface area contributed by atoms with Gasteiger partial charge in [-0.1, -0.05) is 43.6 Å². The van der Waals surface area contributed by atoms with Crippen LogP contribution >= 0.6 is 11.6 Å². The minimum Gasteiger partial charge on any atom is -0.328 e. The monoisotopic (exact) mass is 278 g/mol. The maximum absolute atomic E-state index is 6.27. The highest BCUT2D eigenvalue weighted by Gasteiger charge is 2.19. The molecule has 0 aliphatic carbocycles. The van der Waals surface area contributed by atoms with Gasteiger partial charge in [0.15, 0.2) is 5.82 Å². The maximum Gasteiger partial charge on any atom is 0.150 e. The highest BCUT2D eigenvalue weighted by molar-refractivity contribution is 6.31. The molecule has 1 atom stereocenters. The van der Waals surface area contributed by atoms with Gasteiger partial charge in [-0.25, -0.2) is 9.67 Å². The van der Waals surface area contributed by atoms with Crippen LogP contribution in [-0.4, -0.2) is 21.3 Å². The zero-order valence-electron chi connectivity index (χ0n) is 11.3. The van der Waals surface area contributed by atoms with Gasteiger partial charge < -0.3 is 5.73 Å². The van der Waals surface area contributed by atoms with Crippen LogP contribution in [-0.2, 0) is 12.8 Å². The molecule has 1 heterocycles. The first-order chi connectivity index (χ1) is 9.21. The summed E-state index contributed by atoms with van der Waals surface area (Å²) in [6, 6.07) is 7.69. The molecule has 1 aromatic heterocycles. The van der Waals surface area contributed by atoms with Crippen LogP contribution in [0, 0.1) is 0 Å². The number of nitrogens with two attached hydrogens (primary N) is 1. The zero-order chi connectivity index (χ0) is 13.8. The Kier molecular flexibility index (Phi) is 4.56. The van der Waals surface area contributed by atoms with Gasteiger partial charge in [-0.2, -0.15) is 5.10 Å². The first kappa shape index (κ1) is 14.0. The van der Waals surface area contributed by atoms with Crippen LogP contribution < -0.4 is 5.73 Å². The third-order valence-corrected chi connectivity index (χ3v) is 3.51. The Morgan fingerprint density at radius 1 is 1.26 bits per heavy atom. The van der Waals surface area contributed by atoms with Crippen molar-refractivity contribution in [1.29, 1.82) is 0 Å². The van der Waals surface area contributed by atoms with E-state index in [0.717, 1.165) is 30.1 Å². The van der Waals surface area contributed by atoms with Crippen LogP contribution in [0.5, 0.6) is 0 Å². The normalized spacial score (nSPS) is 12.6. The molecule has 0 spiro atoms. The molecule has 5 heteroatoms. The minimum absolute atomic E-state index is 0.0588. The average Bonchev–Trinajstić information content (AvgIpc) is 2.85. The molecule has 19 heavy (non-hydrogen) atoms. The van der Waals surface area contributed by atoms with Crippen molar-refractivity contribution in [3.05, 3.63) is 46.5 Å². The maximum atomic E-state index is 6.27. The fourth-order valence-electron chi connectivity index (χ4n) is 2.15. The number of hydrogen-bond acceptors (Lipinski definition) is 3. The largest absolute Gasteiger partial charge is 0.328 e. The molecule has 1 aromatic carbocycles. The van der Waals surface area contributed by atoms with Gasteiger partial charge in [-0.3, -0.25) is 0 Å². The van der Waals surface area contributed by atoms with Gasteiger partial charge >= 0.3 is 0 Å². The van der Waals surface area contributed by atoms with Crippen molar-refractivity contribution in [3.8, 4) is 0 Å². The predicted octanol–water partition coefficient (Wildman–Crippen LogP) is 2.60. The lowest BCUT2D eigenvalue weighted by molar-refractivity contribution is 0.506. The average molecular weight is 279 g/mol. The summed E-state index contributed by atoms with van der Waals surface area (Å²) in [7, 11) is 0. The van der Waals surface area contributed by atoms with Crippen molar-refractivity contribution in [1.82, 2.24) is 14.8 Å². The van der Waals surface area contributed by atoms with Crippen LogP contribution in [0.3, 0.4) is 0 Å². The van der Waals surface area contributed by atoms with Crippen molar-refractivity contribution in [3.63, 3.8) is 0 Å². The number of aryl methyl sites for hydroxylation is 2. The topological polar surface area (TPSA) is 56.7 Å². The van der Waals surface area contributed by atoms with Crippen LogP contribution in [0.25, 0.3) is 0 Å². The highest BCUT2D eigenvalue weighted by Crippen LogP contribution is 2.25. The number of hydrogen-bond donors (Lipinski definition) is 1. The molecule has 0 aliphatic rings. The SMILES string of the molecule is CCc1nc(CC)n(C(CN)c2ccccc2Cl)n1. The smallest absolute Gasteiger partial charge is 0.150 e. The third-order valence-electron chi connectivity index (χ3n) is 3.16. The Bertz CT molecular complexity index is 550. The summed E-state index contributed by atoms with van der Waals surface area (Å²) < 4.78 is 1.92. The lowest BCUT2D eigenvalue weighted by atomic mass is 10.1. The van der Waals surface area contributed by atoms with Gasteiger partial charge in [-0.05, 0) is 11.6 Å². The predicted molar refractivity (Wildman–Crippen MR) is 77.4 cm³/mol. The van der Waals surface area contributed by atoms with Gasteiger partial charge in [-0.15, -0.1) is 0 Å². The molecular weight excluding hydrogens is 260 g/mol. The van der Waals surface area contributed by atoms with Gasteiger partial charge in [0.1, 0.15) is 5.82 Å². The summed E-state index contributed by atoms with van der Waals surface area (Å²) in [6.07, 6.45) is 1.65. The first-order valence-electron chi connectivity index (χ1n) is 6.60. The summed E-state index contributed by atoms with van der Waals surface area (Å²) in [5.74, 6) is 1.80. The molecule has 2 aromatic rings. The third kappa shape index (κ3) is 2.80. The summed E-state index contributed by atoms with van der Waals surface area (Å²) >= 11 is 6.27. The van der Waals surface area contributed by atoms with E-state index in [9.17, 15) is 0 Å². The van der Waals surface area contributed by atoms with Crippen molar-refractivity contribution in [2.24, 2.45) is 5.73 Å². The molecule has 0 fully saturated rings. The van der Waals surface area contributed by atoms with E-state index in [1.54, 1.807) is 0 Å². The van der Waals surface area contributed by atoms with E-state index in [4.69, 9.17) is 17.3 Å². The highest BCUT2D eigenvalue weighted by atomic mass is 35.5. The van der Waals surface area contributed by atoms with Gasteiger partial charge in [0.05, 0.1) is 6.04 Å². The summed E-state index contributed by atoms with van der Waals surface area (Å²) in [6.45, 7) is 4.56. The molecule has 0 saturated heterocycles. The van der Waals surface area contributed by atoms with E-state index in [1.165, 1.54) is 0 Å². The second kappa shape index (κ2) is 6.17. The molecule has 2 rings (SSSR count). The van der Waals surface area contributed by atoms with Crippen molar-refractivity contribution in [2.45, 2.75) is 32.7 Å². The Labute approximate surface area is 118 Å². The molecule has 0 radical (unpaired) electrons. The van der Waals surface area contributed by atoms with Crippen LogP contribution in [0.4, 0.5) is 0 Å². The molecule has 102 valence electrons. The Morgan fingerprint density at radius 2 is 2.00 bits per heavy atom. The second-order valence-electron chi connectivity index (χ2n) is 4.37. The Balaban J connectivity index is 2.47. The van der Waals surface area contributed by atoms with Gasteiger partial charge in [0.2, 0.25) is 0 Å². The van der Waals surface area contributed by atoms with Crippen LogP contribution in [0.15, 0.2) is 24.3 Å². The van der Waals surface area contributed by atoms with Gasteiger partial charge in [0.25, 0.3) is 0 Å². The standard InChI is InChI=1S/C14H19ClN4/c1-3-13-17-14(4-2)19(18-13)12(9-16)10-7-5-6-8-11(10)15/h5-8,12H,3-4,9,16H2,1-2H3. The van der Waals surface area contributed by atoms with E-state index in [2.05, 4.69) is 17.0 Å². The van der Waals surface area contributed by atoms with Crippen molar-refractivity contribution >= 4 is 11.6 Å². The minimum atomic E-state index is -0.0588. The van der Waals surface area contributed by atoms with Crippen LogP contribution in [0.1, 0.15) is 37.1 Å². The number of halogens is 1. The van der Waals surface area contributed by atoms with Crippen molar-refractivity contribution in [2.75, 3.05) is 6.54 Å². The molecule has 1 unspecified atom stereocenters. The van der Waals surface area contributed by atoms with E-state index in [1.807, 2.05) is 35.9 Å². The van der Waals surface area contributed by atoms with E-state index in [0.29, 0.717) is 11.6 Å². The Morgan fingerprint density at radius 3 is 2.58 bits per heavy atom. The quantitative estimate of drug-likeness (QED) is 0.915. The zero-order valence-corrected chi connectivity index (χ0v) is 12.1. The Hall–Kier alpha value is -1.39. The molecule has 4 nitrogen and oxygen atoms in total. The van der Waals surface area contributed by atoms with E-state index >= 15 is 0 Å². The molecular formula is C14H19ClN4. The summed E-state index contributed by atoms with van der Waals surface area (Å²) in [5.41, 5.74) is 6.93. The molecule has 0 saturated carbocycles. The summed E-state index contributed by atoms with van der Waals surface area (Å²) in [4.78, 5) is 4.52.